The Morgan fingerprint density at radius 3 is 2.93 bits per heavy atom. The largest absolute Gasteiger partial charge is 0.478 e. The fourth-order valence-electron chi connectivity index (χ4n) is 1.41. The van der Waals surface area contributed by atoms with Gasteiger partial charge in [-0.15, -0.1) is 0 Å². The van der Waals surface area contributed by atoms with E-state index < -0.39 is 0 Å². The number of rotatable bonds is 3. The van der Waals surface area contributed by atoms with Crippen molar-refractivity contribution in [2.45, 2.75) is 13.3 Å². The molecule has 2 aromatic rings. The molecule has 0 saturated heterocycles. The Kier molecular flexibility index (Phi) is 2.72. The van der Waals surface area contributed by atoms with E-state index in [-0.39, 0.29) is 0 Å². The highest BCUT2D eigenvalue weighted by Gasteiger charge is 1.98. The van der Waals surface area contributed by atoms with Crippen LogP contribution in [-0.4, -0.2) is 11.6 Å². The van der Waals surface area contributed by atoms with Crippen LogP contribution in [0.25, 0.3) is 10.9 Å². The van der Waals surface area contributed by atoms with Gasteiger partial charge in [0.25, 0.3) is 0 Å². The van der Waals surface area contributed by atoms with Gasteiger partial charge in [-0.3, -0.25) is 0 Å². The smallest absolute Gasteiger partial charge is 0.213 e. The summed E-state index contributed by atoms with van der Waals surface area (Å²) in [6.45, 7) is 2.77. The number of pyridine rings is 1. The van der Waals surface area contributed by atoms with Gasteiger partial charge in [-0.05, 0) is 30.7 Å². The number of aromatic nitrogens is 1. The molecule has 0 radical (unpaired) electrons. The van der Waals surface area contributed by atoms with Crippen LogP contribution in [0, 0.1) is 0 Å². The molecule has 78 valence electrons. The number of nitrogen functional groups attached to an aromatic ring is 1. The summed E-state index contributed by atoms with van der Waals surface area (Å²) in [6.07, 6.45) is 0.988. The summed E-state index contributed by atoms with van der Waals surface area (Å²) in [6, 6.07) is 9.51. The van der Waals surface area contributed by atoms with E-state index >= 15 is 0 Å². The molecule has 0 aliphatic heterocycles. The maximum atomic E-state index is 5.68. The molecule has 0 bridgehead atoms. The highest BCUT2D eigenvalue weighted by atomic mass is 16.5. The summed E-state index contributed by atoms with van der Waals surface area (Å²) in [5.74, 6) is 0.675. The number of ether oxygens (including phenoxy) is 1. The zero-order valence-corrected chi connectivity index (χ0v) is 8.73. The topological polar surface area (TPSA) is 48.1 Å². The van der Waals surface area contributed by atoms with Crippen LogP contribution >= 0.6 is 0 Å². The normalized spacial score (nSPS) is 10.5. The molecule has 2 N–H and O–H groups in total. The second kappa shape index (κ2) is 4.17. The number of nitrogens with two attached hydrogens (primary N) is 1. The predicted octanol–water partition coefficient (Wildman–Crippen LogP) is 2.61. The number of benzene rings is 1. The highest BCUT2D eigenvalue weighted by Crippen LogP contribution is 2.18. The SMILES string of the molecule is CCCOc1ccc2cc(N)ccc2n1. The average molecular weight is 202 g/mol. The van der Waals surface area contributed by atoms with Crippen molar-refractivity contribution < 1.29 is 4.74 Å². The molecule has 1 heterocycles. The minimum Gasteiger partial charge on any atom is -0.478 e. The molecular weight excluding hydrogens is 188 g/mol. The fourth-order valence-corrected chi connectivity index (χ4v) is 1.41. The quantitative estimate of drug-likeness (QED) is 0.778. The summed E-state index contributed by atoms with van der Waals surface area (Å²) in [7, 11) is 0. The van der Waals surface area contributed by atoms with Gasteiger partial charge in [0.2, 0.25) is 5.88 Å². The molecule has 15 heavy (non-hydrogen) atoms. The second-order valence-electron chi connectivity index (χ2n) is 3.45. The lowest BCUT2D eigenvalue weighted by atomic mass is 10.2. The van der Waals surface area contributed by atoms with Crippen LogP contribution in [0.15, 0.2) is 30.3 Å². The molecule has 0 saturated carbocycles. The first kappa shape index (κ1) is 9.77. The fraction of sp³-hybridized carbons (Fsp3) is 0.250. The number of hydrogen-bond donors (Lipinski definition) is 1. The van der Waals surface area contributed by atoms with Gasteiger partial charge in [-0.25, -0.2) is 4.98 Å². The van der Waals surface area contributed by atoms with Gasteiger partial charge < -0.3 is 10.5 Å². The lowest BCUT2D eigenvalue weighted by Gasteiger charge is -2.04. The lowest BCUT2D eigenvalue weighted by molar-refractivity contribution is 0.306. The molecule has 0 atom stereocenters. The van der Waals surface area contributed by atoms with E-state index in [0.717, 1.165) is 23.0 Å². The van der Waals surface area contributed by atoms with E-state index in [2.05, 4.69) is 11.9 Å². The van der Waals surface area contributed by atoms with E-state index in [1.807, 2.05) is 30.3 Å². The number of fused-ring (bicyclic) bond motifs is 1. The monoisotopic (exact) mass is 202 g/mol. The van der Waals surface area contributed by atoms with E-state index in [1.165, 1.54) is 0 Å². The second-order valence-corrected chi connectivity index (χ2v) is 3.45. The molecule has 3 heteroatoms. The summed E-state index contributed by atoms with van der Waals surface area (Å²) in [4.78, 5) is 4.38. The zero-order valence-electron chi connectivity index (χ0n) is 8.73. The number of nitrogens with zero attached hydrogens (tertiary/aromatic N) is 1. The maximum Gasteiger partial charge on any atom is 0.213 e. The Bertz CT molecular complexity index is 468. The first-order chi connectivity index (χ1) is 7.29. The van der Waals surface area contributed by atoms with Crippen molar-refractivity contribution >= 4 is 16.6 Å². The Balaban J connectivity index is 2.34. The maximum absolute atomic E-state index is 5.68. The van der Waals surface area contributed by atoms with Gasteiger partial charge in [-0.1, -0.05) is 6.92 Å². The van der Waals surface area contributed by atoms with Crippen LogP contribution in [-0.2, 0) is 0 Å². The third-order valence-electron chi connectivity index (χ3n) is 2.14. The van der Waals surface area contributed by atoms with E-state index in [0.29, 0.717) is 12.5 Å². The van der Waals surface area contributed by atoms with Gasteiger partial charge in [0.05, 0.1) is 12.1 Å². The van der Waals surface area contributed by atoms with E-state index in [9.17, 15) is 0 Å². The van der Waals surface area contributed by atoms with Gasteiger partial charge >= 0.3 is 0 Å². The van der Waals surface area contributed by atoms with Crippen molar-refractivity contribution in [1.29, 1.82) is 0 Å². The minimum atomic E-state index is 0.675. The summed E-state index contributed by atoms with van der Waals surface area (Å²) >= 11 is 0. The van der Waals surface area contributed by atoms with E-state index in [4.69, 9.17) is 10.5 Å². The third-order valence-corrected chi connectivity index (χ3v) is 2.14. The van der Waals surface area contributed by atoms with Crippen LogP contribution in [0.3, 0.4) is 0 Å². The van der Waals surface area contributed by atoms with Gasteiger partial charge in [0.15, 0.2) is 0 Å². The lowest BCUT2D eigenvalue weighted by Crippen LogP contribution is -1.97. The van der Waals surface area contributed by atoms with Crippen LogP contribution < -0.4 is 10.5 Å². The molecule has 0 fully saturated rings. The van der Waals surface area contributed by atoms with Crippen molar-refractivity contribution in [3.63, 3.8) is 0 Å². The molecule has 2 rings (SSSR count). The summed E-state index contributed by atoms with van der Waals surface area (Å²) < 4.78 is 5.45. The Morgan fingerprint density at radius 1 is 1.27 bits per heavy atom. The van der Waals surface area contributed by atoms with Crippen molar-refractivity contribution in [3.05, 3.63) is 30.3 Å². The zero-order chi connectivity index (χ0) is 10.7. The van der Waals surface area contributed by atoms with E-state index in [1.54, 1.807) is 0 Å². The van der Waals surface area contributed by atoms with Crippen LogP contribution in [0.4, 0.5) is 5.69 Å². The summed E-state index contributed by atoms with van der Waals surface area (Å²) in [5.41, 5.74) is 7.35. The minimum absolute atomic E-state index is 0.675. The molecule has 1 aromatic carbocycles. The molecule has 0 spiro atoms. The molecule has 3 nitrogen and oxygen atoms in total. The van der Waals surface area contributed by atoms with Crippen molar-refractivity contribution in [3.8, 4) is 5.88 Å². The van der Waals surface area contributed by atoms with Gasteiger partial charge in [0.1, 0.15) is 0 Å². The molecule has 0 aliphatic carbocycles. The first-order valence-electron chi connectivity index (χ1n) is 5.08. The van der Waals surface area contributed by atoms with Gasteiger partial charge in [0, 0.05) is 17.1 Å². The van der Waals surface area contributed by atoms with Crippen molar-refractivity contribution in [2.75, 3.05) is 12.3 Å². The molecule has 1 aromatic heterocycles. The number of anilines is 1. The Morgan fingerprint density at radius 2 is 2.13 bits per heavy atom. The molecule has 0 aliphatic rings. The summed E-state index contributed by atoms with van der Waals surface area (Å²) in [5, 5.41) is 1.04. The Hall–Kier alpha value is -1.77. The third kappa shape index (κ3) is 2.18. The Labute approximate surface area is 88.9 Å². The number of hydrogen-bond acceptors (Lipinski definition) is 3. The first-order valence-corrected chi connectivity index (χ1v) is 5.08. The van der Waals surface area contributed by atoms with Crippen LogP contribution in [0.2, 0.25) is 0 Å². The van der Waals surface area contributed by atoms with Crippen molar-refractivity contribution in [2.24, 2.45) is 0 Å². The predicted molar refractivity (Wildman–Crippen MR) is 61.9 cm³/mol. The average Bonchev–Trinajstić information content (AvgIpc) is 2.26. The standard InChI is InChI=1S/C12H14N2O/c1-2-7-15-12-6-3-9-8-10(13)4-5-11(9)14-12/h3-6,8H,2,7,13H2,1H3. The molecular formula is C12H14N2O. The molecule has 0 amide bonds. The van der Waals surface area contributed by atoms with Crippen LogP contribution in [0.5, 0.6) is 5.88 Å². The highest BCUT2D eigenvalue weighted by molar-refractivity contribution is 5.82. The molecule has 0 unspecified atom stereocenters. The van der Waals surface area contributed by atoms with Crippen molar-refractivity contribution in [1.82, 2.24) is 4.98 Å². The van der Waals surface area contributed by atoms with Crippen LogP contribution in [0.1, 0.15) is 13.3 Å². The van der Waals surface area contributed by atoms with Gasteiger partial charge in [-0.2, -0.15) is 0 Å².